The Hall–Kier alpha value is -4.85. The van der Waals surface area contributed by atoms with Gasteiger partial charge in [0.2, 0.25) is 5.88 Å². The van der Waals surface area contributed by atoms with Gasteiger partial charge in [-0.2, -0.15) is 9.97 Å². The number of aromatic nitrogens is 3. The lowest BCUT2D eigenvalue weighted by atomic mass is 9.85. The molecule has 1 amide bonds. The number of anilines is 1. The Kier molecular flexibility index (Phi) is 11.7. The van der Waals surface area contributed by atoms with Crippen LogP contribution in [0.4, 0.5) is 23.8 Å². The predicted octanol–water partition coefficient (Wildman–Crippen LogP) is 10.1. The van der Waals surface area contributed by atoms with E-state index in [1.165, 1.54) is 7.11 Å². The Morgan fingerprint density at radius 1 is 1.02 bits per heavy atom. The van der Waals surface area contributed by atoms with Gasteiger partial charge in [0.25, 0.3) is 5.92 Å². The molecule has 0 spiro atoms. The highest BCUT2D eigenvalue weighted by Crippen LogP contribution is 2.50. The fourth-order valence-electron chi connectivity index (χ4n) is 12.0. The van der Waals surface area contributed by atoms with E-state index in [2.05, 4.69) is 57.9 Å². The predicted molar refractivity (Wildman–Crippen MR) is 251 cm³/mol. The van der Waals surface area contributed by atoms with Crippen molar-refractivity contribution < 1.29 is 41.7 Å². The van der Waals surface area contributed by atoms with Crippen molar-refractivity contribution in [2.75, 3.05) is 45.0 Å². The molecule has 16 heteroatoms. The quantitative estimate of drug-likeness (QED) is 0.0861. The second kappa shape index (κ2) is 16.7. The number of hydrogen-bond donors (Lipinski definition) is 0. The van der Waals surface area contributed by atoms with Gasteiger partial charge in [-0.15, -0.1) is 5.54 Å². The average molecular weight is 929 g/mol. The number of pyridine rings is 1. The molecule has 9 rings (SSSR count). The Labute approximate surface area is 386 Å². The SMILES string of the molecule is COCOc1cc(-c2nc3c4c(nc(OCC56CCN5CC(F)(F)C6)nc4c2F)N2C[C@H]4CC[C@@H]([C@H]2[C@H](C)O3)N4C(=O)OC(C)(C)C)c2c(C#C[Si](C(C)C)(C(C)C)C(C)C)cccc2c1. The zero-order valence-electron chi connectivity index (χ0n) is 40.1. The summed E-state index contributed by atoms with van der Waals surface area (Å²) >= 11 is 0. The summed E-state index contributed by atoms with van der Waals surface area (Å²) in [5, 5.41) is 1.71. The number of piperazine rings is 1. The van der Waals surface area contributed by atoms with E-state index < -0.39 is 49.2 Å². The van der Waals surface area contributed by atoms with Crippen molar-refractivity contribution in [3.05, 3.63) is 41.7 Å². The van der Waals surface area contributed by atoms with Gasteiger partial charge in [-0.3, -0.25) is 9.80 Å². The number of carbonyl (C=O) groups excluding carboxylic acids is 1. The van der Waals surface area contributed by atoms with Crippen LogP contribution in [0.25, 0.3) is 32.9 Å². The van der Waals surface area contributed by atoms with Crippen molar-refractivity contribution in [1.29, 1.82) is 0 Å². The van der Waals surface area contributed by atoms with Crippen LogP contribution < -0.4 is 19.1 Å². The number of rotatable bonds is 10. The van der Waals surface area contributed by atoms with Crippen LogP contribution in [-0.2, 0) is 9.47 Å². The standard InChI is InChI=1S/C50H63F3N6O6Si/c1-28(2)66(29(3)4,30(5)6)20-17-32-13-12-14-33-21-35(63-27-61-11)22-36(38(32)33)41-40(51)42-39-44(56-46(55-42)62-26-49-18-19-57(49)25-50(52,53)24-49)58-23-34-15-16-37(43(58)31(7)64-45(39)54-41)59(34)47(60)65-48(8,9)10/h12-14,21-22,28-31,34,37,43H,15-16,18-19,23-27H2,1-11H3/t31-,34+,37-,43+,49?/m0/s1. The van der Waals surface area contributed by atoms with E-state index in [-0.39, 0.29) is 66.9 Å². The summed E-state index contributed by atoms with van der Waals surface area (Å²) in [4.78, 5) is 34.3. The van der Waals surface area contributed by atoms with E-state index in [4.69, 9.17) is 38.6 Å². The number of carbonyl (C=O) groups is 1. The molecule has 4 saturated heterocycles. The van der Waals surface area contributed by atoms with Gasteiger partial charge < -0.3 is 28.6 Å². The Balaban J connectivity index is 1.24. The number of ether oxygens (including phenoxy) is 5. The van der Waals surface area contributed by atoms with Crippen molar-refractivity contribution in [3.8, 4) is 40.4 Å². The topological polar surface area (TPSA) is 112 Å². The molecule has 354 valence electrons. The summed E-state index contributed by atoms with van der Waals surface area (Å²) in [5.41, 5.74) is 4.45. The van der Waals surface area contributed by atoms with E-state index in [1.54, 1.807) is 11.0 Å². The third-order valence-electron chi connectivity index (χ3n) is 14.9. The lowest BCUT2D eigenvalue weighted by Crippen LogP contribution is -2.65. The van der Waals surface area contributed by atoms with Crippen LogP contribution in [0.5, 0.6) is 17.6 Å². The van der Waals surface area contributed by atoms with Crippen LogP contribution in [0, 0.1) is 17.3 Å². The Morgan fingerprint density at radius 3 is 2.41 bits per heavy atom. The van der Waals surface area contributed by atoms with Crippen LogP contribution in [0.2, 0.25) is 16.6 Å². The first-order valence-corrected chi connectivity index (χ1v) is 25.7. The van der Waals surface area contributed by atoms with Crippen molar-refractivity contribution in [3.63, 3.8) is 0 Å². The molecule has 4 aromatic rings. The summed E-state index contributed by atoms with van der Waals surface area (Å²) in [6, 6.07) is 8.34. The minimum atomic E-state index is -2.85. The van der Waals surface area contributed by atoms with E-state index in [9.17, 15) is 13.6 Å². The maximum absolute atomic E-state index is 18.2. The molecular formula is C50H63F3N6O6Si. The van der Waals surface area contributed by atoms with Crippen LogP contribution in [0.1, 0.15) is 100 Å². The number of benzene rings is 2. The second-order valence-electron chi connectivity index (χ2n) is 21.1. The normalized spacial score (nSPS) is 24.5. The number of nitrogens with zero attached hydrogens (tertiary/aromatic N) is 6. The molecule has 7 heterocycles. The van der Waals surface area contributed by atoms with Crippen LogP contribution in [0.3, 0.4) is 0 Å². The number of halogens is 3. The van der Waals surface area contributed by atoms with Crippen molar-refractivity contribution in [1.82, 2.24) is 24.8 Å². The summed E-state index contributed by atoms with van der Waals surface area (Å²) in [6.07, 6.45) is 0.622. The van der Waals surface area contributed by atoms with Gasteiger partial charge in [-0.1, -0.05) is 59.6 Å². The van der Waals surface area contributed by atoms with E-state index >= 15 is 4.39 Å². The number of fused-ring (bicyclic) bond motifs is 7. The minimum Gasteiger partial charge on any atom is -0.472 e. The van der Waals surface area contributed by atoms with Gasteiger partial charge in [0, 0.05) is 43.1 Å². The molecule has 0 aliphatic carbocycles. The lowest BCUT2D eigenvalue weighted by molar-refractivity contribution is -0.0132. The highest BCUT2D eigenvalue weighted by atomic mass is 28.3. The molecule has 5 aliphatic heterocycles. The van der Waals surface area contributed by atoms with Crippen LogP contribution in [0.15, 0.2) is 30.3 Å². The molecule has 5 aliphatic rings. The number of hydrogen-bond acceptors (Lipinski definition) is 11. The molecule has 66 heavy (non-hydrogen) atoms. The van der Waals surface area contributed by atoms with E-state index in [0.717, 1.165) is 17.4 Å². The maximum atomic E-state index is 18.2. The highest BCUT2D eigenvalue weighted by molar-refractivity contribution is 6.90. The Morgan fingerprint density at radius 2 is 1.76 bits per heavy atom. The summed E-state index contributed by atoms with van der Waals surface area (Å²) in [7, 11) is -0.672. The van der Waals surface area contributed by atoms with Crippen molar-refractivity contribution >= 4 is 41.7 Å². The smallest absolute Gasteiger partial charge is 0.410 e. The third-order valence-corrected chi connectivity index (χ3v) is 21.2. The second-order valence-corrected chi connectivity index (χ2v) is 26.7. The fourth-order valence-corrected chi connectivity index (χ4v) is 17.3. The van der Waals surface area contributed by atoms with Gasteiger partial charge >= 0.3 is 12.1 Å². The first kappa shape index (κ1) is 46.3. The zero-order valence-corrected chi connectivity index (χ0v) is 41.1. The van der Waals surface area contributed by atoms with E-state index in [1.807, 2.05) is 56.9 Å². The third kappa shape index (κ3) is 7.80. The van der Waals surface area contributed by atoms with Gasteiger partial charge in [0.1, 0.15) is 54.5 Å². The minimum absolute atomic E-state index is 0.0431. The molecule has 2 aromatic heterocycles. The Bertz CT molecular complexity index is 2610. The lowest BCUT2D eigenvalue weighted by Gasteiger charge is -2.48. The maximum Gasteiger partial charge on any atom is 0.410 e. The largest absolute Gasteiger partial charge is 0.472 e. The molecule has 2 bridgehead atoms. The molecular weight excluding hydrogens is 866 g/mol. The first-order valence-electron chi connectivity index (χ1n) is 23.5. The molecule has 2 aromatic carbocycles. The number of amides is 1. The van der Waals surface area contributed by atoms with Gasteiger partial charge in [-0.25, -0.2) is 22.9 Å². The molecule has 12 nitrogen and oxygen atoms in total. The van der Waals surface area contributed by atoms with Gasteiger partial charge in [-0.05, 0) is 87.2 Å². The molecule has 1 unspecified atom stereocenters. The summed E-state index contributed by atoms with van der Waals surface area (Å²) < 4.78 is 78.2. The van der Waals surface area contributed by atoms with E-state index in [0.29, 0.717) is 65.1 Å². The van der Waals surface area contributed by atoms with Crippen LogP contribution >= 0.6 is 0 Å². The van der Waals surface area contributed by atoms with Crippen molar-refractivity contribution in [2.45, 2.75) is 153 Å². The summed E-state index contributed by atoms with van der Waals surface area (Å²) in [6.45, 7) is 21.5. The molecule has 5 atom stereocenters. The highest BCUT2D eigenvalue weighted by Gasteiger charge is 2.60. The first-order chi connectivity index (χ1) is 31.2. The molecule has 4 fully saturated rings. The molecule has 0 N–H and O–H groups in total. The number of methoxy groups -OCH3 is 1. The fraction of sp³-hybridized carbons (Fsp3) is 0.600. The van der Waals surface area contributed by atoms with Crippen molar-refractivity contribution in [2.24, 2.45) is 0 Å². The molecule has 0 radical (unpaired) electrons. The summed E-state index contributed by atoms with van der Waals surface area (Å²) in [5.74, 6) is 0.938. The molecule has 0 saturated carbocycles. The zero-order chi connectivity index (χ0) is 47.2. The van der Waals surface area contributed by atoms with Gasteiger partial charge in [0.15, 0.2) is 12.6 Å². The van der Waals surface area contributed by atoms with Gasteiger partial charge in [0.05, 0.1) is 30.2 Å². The number of alkyl halides is 2. The average Bonchev–Trinajstić information content (AvgIpc) is 3.59. The van der Waals surface area contributed by atoms with Crippen LogP contribution in [-0.4, -0.2) is 120 Å². The monoisotopic (exact) mass is 928 g/mol.